The number of nitrogens with one attached hydrogen (secondary N) is 1. The first-order chi connectivity index (χ1) is 14.9. The maximum Gasteiger partial charge on any atom is 0.342 e. The summed E-state index contributed by atoms with van der Waals surface area (Å²) in [5, 5.41) is 7.25. The Labute approximate surface area is 179 Å². The highest BCUT2D eigenvalue weighted by Gasteiger charge is 2.21. The van der Waals surface area contributed by atoms with Crippen LogP contribution in [0.3, 0.4) is 0 Å². The average Bonchev–Trinajstić information content (AvgIpc) is 3.23. The molecule has 7 nitrogen and oxygen atoms in total. The fourth-order valence-electron chi connectivity index (χ4n) is 2.86. The van der Waals surface area contributed by atoms with E-state index in [0.717, 1.165) is 6.42 Å². The lowest BCUT2D eigenvalue weighted by Crippen LogP contribution is -2.35. The van der Waals surface area contributed by atoms with Crippen LogP contribution >= 0.6 is 0 Å². The average molecular weight is 425 g/mol. The van der Waals surface area contributed by atoms with Crippen molar-refractivity contribution in [3.05, 3.63) is 66.1 Å². The molecule has 0 bridgehead atoms. The summed E-state index contributed by atoms with van der Waals surface area (Å²) in [5.41, 5.74) is 1.74. The van der Waals surface area contributed by atoms with Crippen LogP contribution in [0.1, 0.15) is 30.6 Å². The SMILES string of the molecule is CCC(C)NC(=O)COC(=O)c1cn(-c2ccc(F)cc2)nc1-c1cccc(OC)c1. The second-order valence-electron chi connectivity index (χ2n) is 7.00. The molecule has 3 rings (SSSR count). The monoisotopic (exact) mass is 425 g/mol. The van der Waals surface area contributed by atoms with Crippen LogP contribution in [0.2, 0.25) is 0 Å². The summed E-state index contributed by atoms with van der Waals surface area (Å²) in [6, 6.07) is 12.8. The number of esters is 1. The Morgan fingerprint density at radius 1 is 1.19 bits per heavy atom. The summed E-state index contributed by atoms with van der Waals surface area (Å²) in [5.74, 6) is -0.848. The lowest BCUT2D eigenvalue weighted by atomic mass is 10.1. The third-order valence-corrected chi connectivity index (χ3v) is 4.72. The van der Waals surface area contributed by atoms with Gasteiger partial charge >= 0.3 is 5.97 Å². The predicted octanol–water partition coefficient (Wildman–Crippen LogP) is 3.76. The zero-order valence-corrected chi connectivity index (χ0v) is 17.6. The smallest absolute Gasteiger partial charge is 0.342 e. The molecule has 1 atom stereocenters. The maximum atomic E-state index is 13.3. The molecule has 0 fully saturated rings. The summed E-state index contributed by atoms with van der Waals surface area (Å²) in [6.07, 6.45) is 2.26. The first kappa shape index (κ1) is 22.0. The van der Waals surface area contributed by atoms with E-state index in [2.05, 4.69) is 10.4 Å². The minimum atomic E-state index is -0.689. The Bertz CT molecular complexity index is 1060. The van der Waals surface area contributed by atoms with Crippen LogP contribution in [0.15, 0.2) is 54.7 Å². The molecule has 3 aromatic rings. The molecule has 0 saturated carbocycles. The number of rotatable bonds is 8. The van der Waals surface area contributed by atoms with Gasteiger partial charge in [0.1, 0.15) is 22.8 Å². The molecule has 0 saturated heterocycles. The lowest BCUT2D eigenvalue weighted by molar-refractivity contribution is -0.124. The normalized spacial score (nSPS) is 11.6. The van der Waals surface area contributed by atoms with Crippen molar-refractivity contribution in [2.75, 3.05) is 13.7 Å². The van der Waals surface area contributed by atoms with Gasteiger partial charge in [-0.1, -0.05) is 19.1 Å². The number of aromatic nitrogens is 2. The van der Waals surface area contributed by atoms with E-state index in [9.17, 15) is 14.0 Å². The quantitative estimate of drug-likeness (QED) is 0.556. The van der Waals surface area contributed by atoms with Crippen molar-refractivity contribution in [1.29, 1.82) is 0 Å². The Balaban J connectivity index is 1.92. The number of methoxy groups -OCH3 is 1. The molecule has 0 aliphatic carbocycles. The molecule has 1 aromatic heterocycles. The topological polar surface area (TPSA) is 82.5 Å². The zero-order chi connectivity index (χ0) is 22.4. The van der Waals surface area contributed by atoms with Crippen molar-refractivity contribution in [1.82, 2.24) is 15.1 Å². The standard InChI is InChI=1S/C23H24FN3O4/c1-4-15(2)25-21(28)14-31-23(29)20-13-27(18-10-8-17(24)9-11-18)26-22(20)16-6-5-7-19(12-16)30-3/h5-13,15H,4,14H2,1-3H3,(H,25,28). The fourth-order valence-corrected chi connectivity index (χ4v) is 2.86. The van der Waals surface area contributed by atoms with Crippen LogP contribution in [0.25, 0.3) is 16.9 Å². The second kappa shape index (κ2) is 9.88. The van der Waals surface area contributed by atoms with E-state index < -0.39 is 12.6 Å². The van der Waals surface area contributed by atoms with Gasteiger partial charge in [-0.15, -0.1) is 0 Å². The first-order valence-corrected chi connectivity index (χ1v) is 9.87. The number of hydrogen-bond acceptors (Lipinski definition) is 5. The van der Waals surface area contributed by atoms with Gasteiger partial charge in [0.25, 0.3) is 5.91 Å². The Kier molecular flexibility index (Phi) is 7.02. The van der Waals surface area contributed by atoms with Crippen LogP contribution in [-0.2, 0) is 9.53 Å². The Hall–Kier alpha value is -3.68. The maximum absolute atomic E-state index is 13.3. The highest BCUT2D eigenvalue weighted by Crippen LogP contribution is 2.27. The third-order valence-electron chi connectivity index (χ3n) is 4.72. The van der Waals surface area contributed by atoms with E-state index in [1.54, 1.807) is 43.5 Å². The van der Waals surface area contributed by atoms with Gasteiger partial charge in [-0.3, -0.25) is 4.79 Å². The highest BCUT2D eigenvalue weighted by molar-refractivity contribution is 5.97. The van der Waals surface area contributed by atoms with Gasteiger partial charge in [0, 0.05) is 17.8 Å². The van der Waals surface area contributed by atoms with Gasteiger partial charge in [0.05, 0.1) is 12.8 Å². The summed E-state index contributed by atoms with van der Waals surface area (Å²) in [6.45, 7) is 3.41. The van der Waals surface area contributed by atoms with E-state index in [-0.39, 0.29) is 23.3 Å². The number of nitrogens with zero attached hydrogens (tertiary/aromatic N) is 2. The zero-order valence-electron chi connectivity index (χ0n) is 17.6. The van der Waals surface area contributed by atoms with Crippen LogP contribution in [-0.4, -0.2) is 41.4 Å². The summed E-state index contributed by atoms with van der Waals surface area (Å²) in [7, 11) is 1.54. The highest BCUT2D eigenvalue weighted by atomic mass is 19.1. The molecule has 1 heterocycles. The molecule has 8 heteroatoms. The van der Waals surface area contributed by atoms with Crippen LogP contribution in [0.4, 0.5) is 4.39 Å². The molecule has 0 aliphatic rings. The van der Waals surface area contributed by atoms with Crippen molar-refractivity contribution in [2.45, 2.75) is 26.3 Å². The molecule has 0 aliphatic heterocycles. The number of ether oxygens (including phenoxy) is 2. The molecule has 1 amide bonds. The van der Waals surface area contributed by atoms with Gasteiger partial charge in [-0.25, -0.2) is 13.9 Å². The molecule has 1 unspecified atom stereocenters. The van der Waals surface area contributed by atoms with E-state index >= 15 is 0 Å². The number of benzene rings is 2. The molecular weight excluding hydrogens is 401 g/mol. The fraction of sp³-hybridized carbons (Fsp3) is 0.261. The largest absolute Gasteiger partial charge is 0.497 e. The van der Waals surface area contributed by atoms with Crippen molar-refractivity contribution in [3.8, 4) is 22.7 Å². The van der Waals surface area contributed by atoms with E-state index in [1.165, 1.54) is 23.0 Å². The second-order valence-corrected chi connectivity index (χ2v) is 7.00. The number of carbonyl (C=O) groups is 2. The number of amides is 1. The van der Waals surface area contributed by atoms with Crippen molar-refractivity contribution < 1.29 is 23.5 Å². The van der Waals surface area contributed by atoms with E-state index in [1.807, 2.05) is 13.8 Å². The lowest BCUT2D eigenvalue weighted by Gasteiger charge is -2.11. The van der Waals surface area contributed by atoms with Crippen molar-refractivity contribution in [3.63, 3.8) is 0 Å². The minimum absolute atomic E-state index is 0.0141. The van der Waals surface area contributed by atoms with Crippen molar-refractivity contribution in [2.24, 2.45) is 0 Å². The van der Waals surface area contributed by atoms with Crippen LogP contribution < -0.4 is 10.1 Å². The number of carbonyl (C=O) groups excluding carboxylic acids is 2. The first-order valence-electron chi connectivity index (χ1n) is 9.87. The van der Waals surface area contributed by atoms with Gasteiger partial charge in [0.15, 0.2) is 6.61 Å². The van der Waals surface area contributed by atoms with Crippen molar-refractivity contribution >= 4 is 11.9 Å². The van der Waals surface area contributed by atoms with Crippen LogP contribution in [0.5, 0.6) is 5.75 Å². The molecule has 1 N–H and O–H groups in total. The summed E-state index contributed by atoms with van der Waals surface area (Å²) in [4.78, 5) is 24.8. The molecule has 0 radical (unpaired) electrons. The van der Waals surface area contributed by atoms with Crippen LogP contribution in [0, 0.1) is 5.82 Å². The molecule has 0 spiro atoms. The number of halogens is 1. The molecule has 162 valence electrons. The minimum Gasteiger partial charge on any atom is -0.497 e. The summed E-state index contributed by atoms with van der Waals surface area (Å²) < 4.78 is 25.3. The summed E-state index contributed by atoms with van der Waals surface area (Å²) >= 11 is 0. The predicted molar refractivity (Wildman–Crippen MR) is 114 cm³/mol. The number of hydrogen-bond donors (Lipinski definition) is 1. The van der Waals surface area contributed by atoms with E-state index in [4.69, 9.17) is 9.47 Å². The Morgan fingerprint density at radius 3 is 2.61 bits per heavy atom. The van der Waals surface area contributed by atoms with Gasteiger partial charge in [-0.05, 0) is 49.7 Å². The molecule has 31 heavy (non-hydrogen) atoms. The Morgan fingerprint density at radius 2 is 1.94 bits per heavy atom. The third kappa shape index (κ3) is 5.48. The molecule has 2 aromatic carbocycles. The van der Waals surface area contributed by atoms with Gasteiger partial charge in [0.2, 0.25) is 0 Å². The van der Waals surface area contributed by atoms with Gasteiger partial charge in [-0.2, -0.15) is 5.10 Å². The molecular formula is C23H24FN3O4. The van der Waals surface area contributed by atoms with Gasteiger partial charge < -0.3 is 14.8 Å². The van der Waals surface area contributed by atoms with E-state index in [0.29, 0.717) is 22.7 Å².